The van der Waals surface area contributed by atoms with E-state index in [1.807, 2.05) is 0 Å². The van der Waals surface area contributed by atoms with E-state index in [4.69, 9.17) is 9.97 Å². The van der Waals surface area contributed by atoms with Crippen LogP contribution in [-0.4, -0.2) is 14.4 Å². The maximum absolute atomic E-state index is 5.51. The van der Waals surface area contributed by atoms with Crippen molar-refractivity contribution in [1.82, 2.24) is 14.4 Å². The smallest absolute Gasteiger partial charge is 0.161 e. The summed E-state index contributed by atoms with van der Waals surface area (Å²) >= 11 is 0. The van der Waals surface area contributed by atoms with Gasteiger partial charge in [0.1, 0.15) is 0 Å². The summed E-state index contributed by atoms with van der Waals surface area (Å²) < 4.78 is 2.50. The van der Waals surface area contributed by atoms with Crippen LogP contribution >= 0.6 is 0 Å². The zero-order chi connectivity index (χ0) is 35.8. The molecule has 0 amide bonds. The highest BCUT2D eigenvalue weighted by atomic mass is 14.9. The lowest BCUT2D eigenvalue weighted by Crippen LogP contribution is -1.97. The average Bonchev–Trinajstić information content (AvgIpc) is 3.77. The van der Waals surface area contributed by atoms with E-state index in [9.17, 15) is 0 Å². The minimum absolute atomic E-state index is 0.730. The van der Waals surface area contributed by atoms with Crippen molar-refractivity contribution >= 4 is 103 Å². The fraction of sp³-hybridized carbons (Fsp3) is 0. The molecule has 0 aliphatic heterocycles. The zero-order valence-corrected chi connectivity index (χ0v) is 29.6. The Morgan fingerprint density at radius 1 is 0.327 bits per heavy atom. The Bertz CT molecular complexity index is 3780. The van der Waals surface area contributed by atoms with Crippen LogP contribution < -0.4 is 0 Å². The lowest BCUT2D eigenvalue weighted by atomic mass is 9.92. The number of rotatable bonds is 2. The summed E-state index contributed by atoms with van der Waals surface area (Å²) in [4.78, 5) is 11.0. The summed E-state index contributed by atoms with van der Waals surface area (Å²) in [5.41, 5.74) is 7.82. The van der Waals surface area contributed by atoms with Crippen molar-refractivity contribution in [3.63, 3.8) is 0 Å². The van der Waals surface area contributed by atoms with Gasteiger partial charge in [0.15, 0.2) is 5.82 Å². The number of aromatic nitrogens is 3. The minimum atomic E-state index is 0.730. The van der Waals surface area contributed by atoms with Crippen molar-refractivity contribution in [2.24, 2.45) is 0 Å². The SMILES string of the molecule is c1ccc2cc(-c3nc(-c4cc5ccccc5c5cc6c(ccc7c8cccc9c%10ccccc%10n(c67)c98)cc45)nc4c3ccc3ccccc34)ccc2c1. The molecule has 3 heteroatoms. The van der Waals surface area contributed by atoms with Crippen LogP contribution in [0.1, 0.15) is 0 Å². The first-order valence-electron chi connectivity index (χ1n) is 18.9. The quantitative estimate of drug-likeness (QED) is 0.133. The molecule has 0 atom stereocenters. The number of fused-ring (bicyclic) bond motifs is 15. The Morgan fingerprint density at radius 2 is 0.945 bits per heavy atom. The predicted molar refractivity (Wildman–Crippen MR) is 233 cm³/mol. The molecule has 0 saturated heterocycles. The molecule has 3 nitrogen and oxygen atoms in total. The molecule has 13 rings (SSSR count). The van der Waals surface area contributed by atoms with Gasteiger partial charge in [-0.2, -0.15) is 0 Å². The van der Waals surface area contributed by atoms with Crippen molar-refractivity contribution in [3.8, 4) is 22.6 Å². The largest absolute Gasteiger partial charge is 0.307 e. The molecule has 0 bridgehead atoms. The summed E-state index contributed by atoms with van der Waals surface area (Å²) in [5.74, 6) is 0.730. The van der Waals surface area contributed by atoms with Gasteiger partial charge in [0.2, 0.25) is 0 Å². The molecule has 252 valence electrons. The molecule has 0 fully saturated rings. The highest BCUT2D eigenvalue weighted by Crippen LogP contribution is 2.44. The molecular weight excluding hydrogens is 667 g/mol. The van der Waals surface area contributed by atoms with Crippen molar-refractivity contribution in [3.05, 3.63) is 176 Å². The molecule has 0 saturated carbocycles. The van der Waals surface area contributed by atoms with Gasteiger partial charge < -0.3 is 4.40 Å². The van der Waals surface area contributed by atoms with E-state index in [0.29, 0.717) is 0 Å². The summed E-state index contributed by atoms with van der Waals surface area (Å²) in [7, 11) is 0. The van der Waals surface area contributed by atoms with Crippen molar-refractivity contribution in [1.29, 1.82) is 0 Å². The Balaban J connectivity index is 1.17. The number of nitrogens with zero attached hydrogens (tertiary/aromatic N) is 3. The van der Waals surface area contributed by atoms with Gasteiger partial charge in [-0.05, 0) is 79.5 Å². The maximum Gasteiger partial charge on any atom is 0.161 e. The molecule has 0 unspecified atom stereocenters. The van der Waals surface area contributed by atoms with E-state index in [-0.39, 0.29) is 0 Å². The lowest BCUT2D eigenvalue weighted by molar-refractivity contribution is 1.24. The van der Waals surface area contributed by atoms with Gasteiger partial charge in [0.25, 0.3) is 0 Å². The predicted octanol–water partition coefficient (Wildman–Crippen LogP) is 13.9. The average molecular weight is 696 g/mol. The van der Waals surface area contributed by atoms with Crippen LogP contribution in [0.5, 0.6) is 0 Å². The van der Waals surface area contributed by atoms with E-state index in [1.165, 1.54) is 81.2 Å². The van der Waals surface area contributed by atoms with Crippen LogP contribution in [-0.2, 0) is 0 Å². The second-order valence-electron chi connectivity index (χ2n) is 14.9. The first kappa shape index (κ1) is 29.1. The number of para-hydroxylation sites is 2. The number of hydrogen-bond acceptors (Lipinski definition) is 2. The molecule has 10 aromatic carbocycles. The topological polar surface area (TPSA) is 30.2 Å². The minimum Gasteiger partial charge on any atom is -0.307 e. The second kappa shape index (κ2) is 10.6. The summed E-state index contributed by atoms with van der Waals surface area (Å²) in [6, 6.07) is 64.2. The van der Waals surface area contributed by atoms with Gasteiger partial charge in [-0.15, -0.1) is 0 Å². The van der Waals surface area contributed by atoms with Gasteiger partial charge in [-0.3, -0.25) is 0 Å². The van der Waals surface area contributed by atoms with Gasteiger partial charge >= 0.3 is 0 Å². The second-order valence-corrected chi connectivity index (χ2v) is 14.9. The lowest BCUT2D eigenvalue weighted by Gasteiger charge is -2.15. The Labute approximate surface area is 314 Å². The summed E-state index contributed by atoms with van der Waals surface area (Å²) in [6.07, 6.45) is 0. The summed E-state index contributed by atoms with van der Waals surface area (Å²) in [5, 5.41) is 18.1. The molecule has 0 aliphatic carbocycles. The normalized spacial score (nSPS) is 12.4. The number of hydrogen-bond donors (Lipinski definition) is 0. The third-order valence-electron chi connectivity index (χ3n) is 12.0. The third kappa shape index (κ3) is 3.94. The van der Waals surface area contributed by atoms with Gasteiger partial charge in [0, 0.05) is 48.8 Å². The fourth-order valence-corrected chi connectivity index (χ4v) is 9.56. The van der Waals surface area contributed by atoms with E-state index in [1.54, 1.807) is 0 Å². The van der Waals surface area contributed by atoms with Crippen LogP contribution in [0, 0.1) is 0 Å². The van der Waals surface area contributed by atoms with Crippen molar-refractivity contribution in [2.45, 2.75) is 0 Å². The monoisotopic (exact) mass is 695 g/mol. The van der Waals surface area contributed by atoms with Crippen LogP contribution in [0.4, 0.5) is 0 Å². The number of benzene rings is 10. The van der Waals surface area contributed by atoms with Crippen molar-refractivity contribution in [2.75, 3.05) is 0 Å². The van der Waals surface area contributed by atoms with Gasteiger partial charge in [0.05, 0.1) is 27.8 Å². The zero-order valence-electron chi connectivity index (χ0n) is 29.6. The Hall–Kier alpha value is -7.36. The van der Waals surface area contributed by atoms with Gasteiger partial charge in [-0.25, -0.2) is 9.97 Å². The summed E-state index contributed by atoms with van der Waals surface area (Å²) in [6.45, 7) is 0. The van der Waals surface area contributed by atoms with E-state index < -0.39 is 0 Å². The van der Waals surface area contributed by atoms with Crippen LogP contribution in [0.25, 0.3) is 126 Å². The molecule has 13 aromatic rings. The first-order chi connectivity index (χ1) is 27.3. The molecular formula is C52H29N3. The van der Waals surface area contributed by atoms with Gasteiger partial charge in [-0.1, -0.05) is 140 Å². The Morgan fingerprint density at radius 3 is 1.84 bits per heavy atom. The van der Waals surface area contributed by atoms with E-state index in [0.717, 1.165) is 44.3 Å². The molecule has 3 heterocycles. The fourth-order valence-electron chi connectivity index (χ4n) is 9.56. The first-order valence-corrected chi connectivity index (χ1v) is 18.9. The van der Waals surface area contributed by atoms with E-state index >= 15 is 0 Å². The van der Waals surface area contributed by atoms with Crippen LogP contribution in [0.15, 0.2) is 176 Å². The third-order valence-corrected chi connectivity index (χ3v) is 12.0. The molecule has 0 N–H and O–H groups in total. The Kier molecular flexibility index (Phi) is 5.63. The van der Waals surface area contributed by atoms with Crippen LogP contribution in [0.2, 0.25) is 0 Å². The van der Waals surface area contributed by atoms with Crippen LogP contribution in [0.3, 0.4) is 0 Å². The molecule has 0 radical (unpaired) electrons. The highest BCUT2D eigenvalue weighted by molar-refractivity contribution is 6.29. The molecule has 55 heavy (non-hydrogen) atoms. The van der Waals surface area contributed by atoms with E-state index in [2.05, 4.69) is 180 Å². The molecule has 0 aliphatic rings. The highest BCUT2D eigenvalue weighted by Gasteiger charge is 2.21. The molecule has 3 aromatic heterocycles. The van der Waals surface area contributed by atoms with Crippen molar-refractivity contribution < 1.29 is 0 Å². The molecule has 0 spiro atoms. The standard InChI is InChI=1S/C52H29N3/c1-2-12-32-26-35(21-20-30(32)10-1)48-42-25-22-31-11-3-6-15-37(31)49(42)54-52(53-48)46-28-33-13-4-5-14-36(33)45-29-43-34(27-44(45)46)23-24-41-40-18-9-17-39-38-16-7-8-19-47(38)55(50(39)40)51(41)43/h1-29H. The maximum atomic E-state index is 5.51.